The first-order chi connectivity index (χ1) is 15.5. The van der Waals surface area contributed by atoms with Crippen molar-refractivity contribution in [3.05, 3.63) is 72.0 Å². The molecule has 0 aromatic heterocycles. The summed E-state index contributed by atoms with van der Waals surface area (Å²) in [4.78, 5) is 22.3. The van der Waals surface area contributed by atoms with E-state index in [2.05, 4.69) is 21.9 Å². The number of halogens is 2. The number of nitrogens with one attached hydrogen (secondary N) is 1. The van der Waals surface area contributed by atoms with E-state index in [1.807, 2.05) is 26.8 Å². The molecule has 7 heteroatoms. The van der Waals surface area contributed by atoms with Crippen LogP contribution in [-0.4, -0.2) is 30.8 Å². The van der Waals surface area contributed by atoms with E-state index in [-0.39, 0.29) is 19.2 Å². The van der Waals surface area contributed by atoms with Crippen LogP contribution in [0.4, 0.5) is 8.78 Å². The Kier molecular flexibility index (Phi) is 20.7. The molecule has 0 spiro atoms. The number of rotatable bonds is 7. The fourth-order valence-electron chi connectivity index (χ4n) is 2.77. The number of benzene rings is 1. The summed E-state index contributed by atoms with van der Waals surface area (Å²) in [5.74, 6) is -0.602. The van der Waals surface area contributed by atoms with Crippen molar-refractivity contribution in [1.29, 1.82) is 0 Å². The van der Waals surface area contributed by atoms with Crippen molar-refractivity contribution in [3.8, 4) is 0 Å². The van der Waals surface area contributed by atoms with Crippen LogP contribution in [0.1, 0.15) is 65.9 Å². The van der Waals surface area contributed by atoms with Gasteiger partial charge in [-0.3, -0.25) is 9.79 Å². The van der Waals surface area contributed by atoms with Gasteiger partial charge in [0, 0.05) is 25.7 Å². The fourth-order valence-corrected chi connectivity index (χ4v) is 2.77. The molecule has 1 fully saturated rings. The van der Waals surface area contributed by atoms with Crippen LogP contribution in [0, 0.1) is 5.82 Å². The van der Waals surface area contributed by atoms with E-state index in [9.17, 15) is 13.6 Å². The molecule has 0 radical (unpaired) electrons. The van der Waals surface area contributed by atoms with Crippen LogP contribution in [-0.2, 0) is 16.2 Å². The molecule has 1 N–H and O–H groups in total. The van der Waals surface area contributed by atoms with Crippen LogP contribution < -0.4 is 5.48 Å². The summed E-state index contributed by atoms with van der Waals surface area (Å²) in [7, 11) is 1.64. The van der Waals surface area contributed by atoms with Gasteiger partial charge in [-0.25, -0.2) is 8.78 Å². The summed E-state index contributed by atoms with van der Waals surface area (Å²) in [5.41, 5.74) is 4.16. The Morgan fingerprint density at radius 3 is 2.39 bits per heavy atom. The van der Waals surface area contributed by atoms with E-state index in [4.69, 9.17) is 0 Å². The summed E-state index contributed by atoms with van der Waals surface area (Å²) >= 11 is 0. The highest BCUT2D eigenvalue weighted by atomic mass is 19.1. The third-order valence-corrected chi connectivity index (χ3v) is 4.30. The third-order valence-electron chi connectivity index (χ3n) is 4.30. The number of aliphatic imine (C=N–C) groups is 1. The van der Waals surface area contributed by atoms with Crippen LogP contribution in [0.5, 0.6) is 0 Å². The first-order valence-electron chi connectivity index (χ1n) is 11.0. The summed E-state index contributed by atoms with van der Waals surface area (Å²) in [5, 5.41) is 0. The molecule has 1 aromatic rings. The third kappa shape index (κ3) is 15.6. The van der Waals surface area contributed by atoms with Crippen molar-refractivity contribution in [2.24, 2.45) is 4.99 Å². The predicted octanol–water partition coefficient (Wildman–Crippen LogP) is 6.89. The van der Waals surface area contributed by atoms with Gasteiger partial charge >= 0.3 is 0 Å². The summed E-state index contributed by atoms with van der Waals surface area (Å²) in [6, 6.07) is 6.19. The van der Waals surface area contributed by atoms with Crippen molar-refractivity contribution < 1.29 is 18.4 Å². The Hall–Kier alpha value is -2.80. The first kappa shape index (κ1) is 32.4. The van der Waals surface area contributed by atoms with E-state index in [1.54, 1.807) is 30.2 Å². The van der Waals surface area contributed by atoms with Crippen LogP contribution in [0.3, 0.4) is 0 Å². The molecule has 0 unspecified atom stereocenters. The number of nitrogens with zero attached hydrogens (tertiary/aromatic N) is 2. The molecule has 33 heavy (non-hydrogen) atoms. The Morgan fingerprint density at radius 2 is 1.82 bits per heavy atom. The number of hydroxylamine groups is 1. The second-order valence-corrected chi connectivity index (χ2v) is 6.60. The van der Waals surface area contributed by atoms with E-state index < -0.39 is 5.83 Å². The molecule has 186 valence electrons. The Bertz CT molecular complexity index is 744. The molecule has 2 rings (SSSR count). The molecule has 0 saturated carbocycles. The zero-order valence-electron chi connectivity index (χ0n) is 19.7. The predicted molar refractivity (Wildman–Crippen MR) is 135 cm³/mol. The average molecular weight is 466 g/mol. The largest absolute Gasteiger partial charge is 0.397 e. The van der Waals surface area contributed by atoms with Gasteiger partial charge < -0.3 is 9.74 Å². The van der Waals surface area contributed by atoms with Gasteiger partial charge in [-0.05, 0) is 49.6 Å². The topological polar surface area (TPSA) is 53.9 Å². The average Bonchev–Trinajstić information content (AvgIpc) is 2.79. The molecule has 1 aliphatic heterocycles. The molecule has 0 bridgehead atoms. The highest BCUT2D eigenvalue weighted by Gasteiger charge is 2.17. The number of hydrogen-bond acceptors (Lipinski definition) is 4. The monoisotopic (exact) mass is 465 g/mol. The molecular formula is C26H41F2N3O2. The maximum absolute atomic E-state index is 12.6. The van der Waals surface area contributed by atoms with Crippen LogP contribution in [0.25, 0.3) is 0 Å². The van der Waals surface area contributed by atoms with E-state index >= 15 is 0 Å². The molecule has 0 atom stereocenters. The van der Waals surface area contributed by atoms with Crippen LogP contribution in [0.15, 0.2) is 65.6 Å². The second kappa shape index (κ2) is 21.1. The quantitative estimate of drug-likeness (QED) is 0.206. The zero-order chi connectivity index (χ0) is 24.2. The van der Waals surface area contributed by atoms with Gasteiger partial charge in [-0.15, -0.1) is 0 Å². The van der Waals surface area contributed by atoms with Gasteiger partial charge in [-0.2, -0.15) is 5.48 Å². The maximum Gasteiger partial charge on any atom is 0.226 e. The highest BCUT2D eigenvalue weighted by Crippen LogP contribution is 2.17. The van der Waals surface area contributed by atoms with E-state index in [1.165, 1.54) is 24.6 Å². The standard InChI is InChI=1S/C14H20FNO.C9H11FN2O.C2H6.CH4/c1-3-13(10-9-12(2)15)16-11-7-5-4-6-8-14(16)17;1-11-13-7-12-6-8-2-4-9(10)5-3-8;1-2;/h3,9-10H,2,4-8,11H2,1H3;2-5,7,11H,6H2,1H3;1-2H3;1H4/b10-9-,13-3+;;;. The number of hydrogen-bond donors (Lipinski definition) is 1. The number of amides is 1. The molecule has 1 saturated heterocycles. The van der Waals surface area contributed by atoms with E-state index in [0.717, 1.165) is 43.5 Å². The van der Waals surface area contributed by atoms with E-state index in [0.29, 0.717) is 13.0 Å². The molecule has 1 amide bonds. The molecule has 0 aliphatic carbocycles. The molecular weight excluding hydrogens is 424 g/mol. The van der Waals surface area contributed by atoms with Crippen molar-refractivity contribution in [3.63, 3.8) is 0 Å². The van der Waals surface area contributed by atoms with Gasteiger partial charge in [0.2, 0.25) is 5.91 Å². The first-order valence-corrected chi connectivity index (χ1v) is 11.0. The van der Waals surface area contributed by atoms with Gasteiger partial charge in [0.15, 0.2) is 6.40 Å². The van der Waals surface area contributed by atoms with Crippen molar-refractivity contribution in [2.45, 2.75) is 66.8 Å². The molecule has 1 aliphatic rings. The normalized spacial score (nSPS) is 14.3. The minimum Gasteiger partial charge on any atom is -0.397 e. The SMILES string of the molecule is C.C=C(F)/C=C\C(=C/C)N1CCCCCCC1=O.CC.CNOC=NCc1ccc(F)cc1. The number of carbonyl (C=O) groups is 1. The summed E-state index contributed by atoms with van der Waals surface area (Å²) in [6.07, 6.45) is 10.9. The van der Waals surface area contributed by atoms with Gasteiger partial charge in [-0.1, -0.05) is 58.9 Å². The Labute approximate surface area is 198 Å². The maximum atomic E-state index is 12.6. The molecule has 1 aromatic carbocycles. The summed E-state index contributed by atoms with van der Waals surface area (Å²) < 4.78 is 25.1. The van der Waals surface area contributed by atoms with Crippen molar-refractivity contribution in [1.82, 2.24) is 10.4 Å². The minimum absolute atomic E-state index is 0. The lowest BCUT2D eigenvalue weighted by Crippen LogP contribution is -2.31. The Morgan fingerprint density at radius 1 is 1.18 bits per heavy atom. The van der Waals surface area contributed by atoms with Gasteiger partial charge in [0.25, 0.3) is 0 Å². The lowest BCUT2D eigenvalue weighted by molar-refractivity contribution is -0.129. The summed E-state index contributed by atoms with van der Waals surface area (Å²) in [6.45, 7) is 10.2. The lowest BCUT2D eigenvalue weighted by Gasteiger charge is -2.25. The van der Waals surface area contributed by atoms with Gasteiger partial charge in [0.05, 0.1) is 6.54 Å². The highest BCUT2D eigenvalue weighted by molar-refractivity contribution is 5.78. The number of likely N-dealkylation sites (tertiary alicyclic amines) is 1. The van der Waals surface area contributed by atoms with Crippen LogP contribution >= 0.6 is 0 Å². The second-order valence-electron chi connectivity index (χ2n) is 6.60. The smallest absolute Gasteiger partial charge is 0.226 e. The minimum atomic E-state index is -0.496. The number of carbonyl (C=O) groups excluding carboxylic acids is 1. The number of allylic oxidation sites excluding steroid dienone is 4. The zero-order valence-corrected chi connectivity index (χ0v) is 19.7. The lowest BCUT2D eigenvalue weighted by atomic mass is 10.1. The van der Waals surface area contributed by atoms with Crippen molar-refractivity contribution >= 4 is 12.3 Å². The molecule has 5 nitrogen and oxygen atoms in total. The molecule has 1 heterocycles. The Balaban J connectivity index is 0. The van der Waals surface area contributed by atoms with Crippen molar-refractivity contribution in [2.75, 3.05) is 13.6 Å². The van der Waals surface area contributed by atoms with Gasteiger partial charge in [0.1, 0.15) is 11.6 Å². The fraction of sp³-hybridized carbons (Fsp3) is 0.462. The van der Waals surface area contributed by atoms with Crippen LogP contribution in [0.2, 0.25) is 0 Å².